The number of hydrogen-bond acceptors (Lipinski definition) is 5. The molecular weight excluding hydrogens is 839 g/mol. The molecule has 0 aliphatic carbocycles. The van der Waals surface area contributed by atoms with Gasteiger partial charge in [-0.2, -0.15) is 0 Å². The number of allylic oxidation sites excluding steroid dienone is 6. The molecule has 68 heavy (non-hydrogen) atoms. The standard InChI is InChI=1S/C62H117NO5/c1-3-5-7-9-11-13-15-17-19-20-21-22-24-27-30-34-38-42-46-50-54-60(65)59(58-64)63-61(66)55-51-47-43-39-35-31-28-25-23-26-29-33-37-41-45-49-53-57-68-62(67)56-52-48-44-40-36-32-18-16-14-12-10-8-6-4-2/h10,12,16,18,23,26,59-60,64-65H,3-9,11,13-15,17,19-22,24-25,27-58H2,1-2H3,(H,63,66)/b12-10-,18-16-,26-23-. The number of carbonyl (C=O) groups excluding carboxylic acids is 2. The van der Waals surface area contributed by atoms with Gasteiger partial charge in [-0.25, -0.2) is 0 Å². The van der Waals surface area contributed by atoms with Crippen LogP contribution in [0.1, 0.15) is 322 Å². The van der Waals surface area contributed by atoms with E-state index in [1.165, 1.54) is 225 Å². The van der Waals surface area contributed by atoms with Crippen LogP contribution in [0.3, 0.4) is 0 Å². The van der Waals surface area contributed by atoms with Gasteiger partial charge in [0.05, 0.1) is 25.4 Å². The van der Waals surface area contributed by atoms with E-state index in [4.69, 9.17) is 4.74 Å². The second kappa shape index (κ2) is 57.7. The first kappa shape index (κ1) is 66.1. The Bertz CT molecular complexity index is 1100. The number of aliphatic hydroxyl groups is 2. The Labute approximate surface area is 424 Å². The molecule has 0 rings (SSSR count). The van der Waals surface area contributed by atoms with Crippen LogP contribution in [-0.2, 0) is 14.3 Å². The van der Waals surface area contributed by atoms with E-state index < -0.39 is 12.1 Å². The molecular formula is C62H117NO5. The van der Waals surface area contributed by atoms with Crippen molar-refractivity contribution in [1.82, 2.24) is 5.32 Å². The summed E-state index contributed by atoms with van der Waals surface area (Å²) in [5.74, 6) is -0.0614. The van der Waals surface area contributed by atoms with Crippen molar-refractivity contribution in [1.29, 1.82) is 0 Å². The van der Waals surface area contributed by atoms with Gasteiger partial charge in [-0.15, -0.1) is 0 Å². The average molecular weight is 957 g/mol. The van der Waals surface area contributed by atoms with Gasteiger partial charge in [-0.3, -0.25) is 9.59 Å². The monoisotopic (exact) mass is 956 g/mol. The lowest BCUT2D eigenvalue weighted by Gasteiger charge is -2.22. The highest BCUT2D eigenvalue weighted by molar-refractivity contribution is 5.76. The van der Waals surface area contributed by atoms with Gasteiger partial charge in [0.15, 0.2) is 0 Å². The third-order valence-electron chi connectivity index (χ3n) is 13.9. The predicted molar refractivity (Wildman–Crippen MR) is 296 cm³/mol. The van der Waals surface area contributed by atoms with Crippen molar-refractivity contribution in [3.8, 4) is 0 Å². The molecule has 0 saturated heterocycles. The lowest BCUT2D eigenvalue weighted by Crippen LogP contribution is -2.45. The number of unbranched alkanes of at least 4 members (excludes halogenated alkanes) is 39. The fourth-order valence-corrected chi connectivity index (χ4v) is 9.24. The van der Waals surface area contributed by atoms with Crippen LogP contribution in [0.5, 0.6) is 0 Å². The van der Waals surface area contributed by atoms with Gasteiger partial charge in [0.1, 0.15) is 0 Å². The number of esters is 1. The molecule has 0 aromatic rings. The summed E-state index contributed by atoms with van der Waals surface area (Å²) in [6, 6.07) is -0.552. The molecule has 0 heterocycles. The fraction of sp³-hybridized carbons (Fsp3) is 0.871. The van der Waals surface area contributed by atoms with Gasteiger partial charge in [-0.05, 0) is 77.0 Å². The van der Waals surface area contributed by atoms with Crippen LogP contribution in [0.15, 0.2) is 36.5 Å². The first-order valence-corrected chi connectivity index (χ1v) is 30.2. The highest BCUT2D eigenvalue weighted by atomic mass is 16.5. The smallest absolute Gasteiger partial charge is 0.305 e. The van der Waals surface area contributed by atoms with Crippen molar-refractivity contribution in [3.63, 3.8) is 0 Å². The Morgan fingerprint density at radius 2 is 0.750 bits per heavy atom. The number of amides is 1. The number of nitrogens with one attached hydrogen (secondary N) is 1. The minimum atomic E-state index is -0.674. The normalized spacial score (nSPS) is 12.8. The summed E-state index contributed by atoms with van der Waals surface area (Å²) < 4.78 is 5.46. The zero-order chi connectivity index (χ0) is 49.3. The minimum Gasteiger partial charge on any atom is -0.466 e. The Kier molecular flexibility index (Phi) is 56.0. The van der Waals surface area contributed by atoms with Crippen molar-refractivity contribution in [2.24, 2.45) is 0 Å². The Balaban J connectivity index is 3.47. The molecule has 0 fully saturated rings. The van der Waals surface area contributed by atoms with Crippen molar-refractivity contribution in [2.75, 3.05) is 13.2 Å². The van der Waals surface area contributed by atoms with E-state index in [0.29, 0.717) is 25.9 Å². The predicted octanol–water partition coefficient (Wildman–Crippen LogP) is 18.8. The molecule has 0 aromatic heterocycles. The van der Waals surface area contributed by atoms with Gasteiger partial charge in [-0.1, -0.05) is 269 Å². The number of aliphatic hydroxyl groups excluding tert-OH is 2. The SMILES string of the molecule is CCCC/C=C\C/C=C\CCCCCCCC(=O)OCCCCCCCC/C=C\CCCCCCCCCC(=O)NC(CO)C(O)CCCCCCCCCCCCCCCCCCCCCC. The maximum atomic E-state index is 12.5. The van der Waals surface area contributed by atoms with E-state index >= 15 is 0 Å². The van der Waals surface area contributed by atoms with Crippen molar-refractivity contribution < 1.29 is 24.5 Å². The van der Waals surface area contributed by atoms with E-state index in [-0.39, 0.29) is 18.5 Å². The van der Waals surface area contributed by atoms with Gasteiger partial charge in [0.2, 0.25) is 5.91 Å². The molecule has 0 bridgehead atoms. The third-order valence-corrected chi connectivity index (χ3v) is 13.9. The number of ether oxygens (including phenoxy) is 1. The zero-order valence-corrected chi connectivity index (χ0v) is 45.6. The van der Waals surface area contributed by atoms with Crippen LogP contribution in [0.25, 0.3) is 0 Å². The molecule has 0 aliphatic heterocycles. The summed E-state index contributed by atoms with van der Waals surface area (Å²) in [6.07, 6.45) is 71.4. The van der Waals surface area contributed by atoms with E-state index in [1.54, 1.807) is 0 Å². The molecule has 3 N–H and O–H groups in total. The Morgan fingerprint density at radius 1 is 0.412 bits per heavy atom. The molecule has 0 aliphatic rings. The van der Waals surface area contributed by atoms with Crippen molar-refractivity contribution in [2.45, 2.75) is 334 Å². The minimum absolute atomic E-state index is 0.0162. The lowest BCUT2D eigenvalue weighted by atomic mass is 10.0. The van der Waals surface area contributed by atoms with Crippen LogP contribution in [-0.4, -0.2) is 47.4 Å². The van der Waals surface area contributed by atoms with Crippen LogP contribution in [0.4, 0.5) is 0 Å². The second-order valence-corrected chi connectivity index (χ2v) is 20.7. The molecule has 0 radical (unpaired) electrons. The maximum absolute atomic E-state index is 12.5. The maximum Gasteiger partial charge on any atom is 0.305 e. The molecule has 2 unspecified atom stereocenters. The summed E-state index contributed by atoms with van der Waals surface area (Å²) in [6.45, 7) is 4.90. The lowest BCUT2D eigenvalue weighted by molar-refractivity contribution is -0.143. The summed E-state index contributed by atoms with van der Waals surface area (Å²) in [5.41, 5.74) is 0. The molecule has 6 nitrogen and oxygen atoms in total. The quantitative estimate of drug-likeness (QED) is 0.0321. The topological polar surface area (TPSA) is 95.9 Å². The average Bonchev–Trinajstić information content (AvgIpc) is 3.34. The first-order valence-electron chi connectivity index (χ1n) is 30.2. The number of carbonyl (C=O) groups is 2. The summed E-state index contributed by atoms with van der Waals surface area (Å²) in [4.78, 5) is 24.5. The summed E-state index contributed by atoms with van der Waals surface area (Å²) in [5, 5.41) is 23.3. The summed E-state index contributed by atoms with van der Waals surface area (Å²) >= 11 is 0. The van der Waals surface area contributed by atoms with Crippen LogP contribution >= 0.6 is 0 Å². The molecule has 2 atom stereocenters. The van der Waals surface area contributed by atoms with Crippen LogP contribution in [0.2, 0.25) is 0 Å². The largest absolute Gasteiger partial charge is 0.466 e. The Morgan fingerprint density at radius 3 is 1.18 bits per heavy atom. The van der Waals surface area contributed by atoms with Gasteiger partial charge < -0.3 is 20.3 Å². The summed E-state index contributed by atoms with van der Waals surface area (Å²) in [7, 11) is 0. The molecule has 1 amide bonds. The molecule has 0 spiro atoms. The van der Waals surface area contributed by atoms with Crippen LogP contribution < -0.4 is 5.32 Å². The van der Waals surface area contributed by atoms with E-state index in [1.807, 2.05) is 0 Å². The zero-order valence-electron chi connectivity index (χ0n) is 45.6. The van der Waals surface area contributed by atoms with Gasteiger partial charge in [0, 0.05) is 12.8 Å². The number of hydrogen-bond donors (Lipinski definition) is 3. The van der Waals surface area contributed by atoms with Crippen molar-refractivity contribution in [3.05, 3.63) is 36.5 Å². The van der Waals surface area contributed by atoms with Crippen LogP contribution in [0, 0.1) is 0 Å². The fourth-order valence-electron chi connectivity index (χ4n) is 9.24. The van der Waals surface area contributed by atoms with E-state index in [0.717, 1.165) is 64.2 Å². The van der Waals surface area contributed by atoms with Gasteiger partial charge >= 0.3 is 5.97 Å². The molecule has 6 heteroatoms. The van der Waals surface area contributed by atoms with Gasteiger partial charge in [0.25, 0.3) is 0 Å². The van der Waals surface area contributed by atoms with E-state index in [2.05, 4.69) is 55.6 Å². The van der Waals surface area contributed by atoms with Crippen molar-refractivity contribution >= 4 is 11.9 Å². The second-order valence-electron chi connectivity index (χ2n) is 20.7. The number of rotatable bonds is 56. The molecule has 0 aromatic carbocycles. The third kappa shape index (κ3) is 53.4. The molecule has 400 valence electrons. The van der Waals surface area contributed by atoms with E-state index in [9.17, 15) is 19.8 Å². The highest BCUT2D eigenvalue weighted by Gasteiger charge is 2.20. The Hall–Kier alpha value is -1.92. The highest BCUT2D eigenvalue weighted by Crippen LogP contribution is 2.17. The molecule has 0 saturated carbocycles. The first-order chi connectivity index (χ1) is 33.5.